The van der Waals surface area contributed by atoms with Crippen molar-refractivity contribution in [1.82, 2.24) is 35.2 Å². The van der Waals surface area contributed by atoms with E-state index < -0.39 is 18.2 Å². The minimum Gasteiger partial charge on any atom is -0.506 e. The van der Waals surface area contributed by atoms with Crippen LogP contribution in [0.4, 0.5) is 4.79 Å². The van der Waals surface area contributed by atoms with Crippen molar-refractivity contribution in [1.29, 1.82) is 0 Å². The number of pyridine rings is 1. The largest absolute Gasteiger partial charge is 0.506 e. The molecule has 0 spiro atoms. The third-order valence-corrected chi connectivity index (χ3v) is 12.7. The second-order valence-electron chi connectivity index (χ2n) is 17.0. The quantitative estimate of drug-likeness (QED) is 0.0623. The summed E-state index contributed by atoms with van der Waals surface area (Å²) in [6.45, 7) is 5.05. The maximum Gasteiger partial charge on any atom is 0.408 e. The molecule has 0 aliphatic carbocycles. The van der Waals surface area contributed by atoms with Crippen LogP contribution < -0.4 is 20.9 Å². The number of aromatic nitrogens is 3. The highest BCUT2D eigenvalue weighted by Crippen LogP contribution is 2.32. The fourth-order valence-electron chi connectivity index (χ4n) is 9.05. The number of benzene rings is 3. The number of ether oxygens (including phenoxy) is 3. The number of phenols is 1. The van der Waals surface area contributed by atoms with Gasteiger partial charge in [-0.15, -0.1) is 0 Å². The molecule has 4 aliphatic rings. The Labute approximate surface area is 371 Å². The predicted octanol–water partition coefficient (Wildman–Crippen LogP) is 4.95. The van der Waals surface area contributed by atoms with Gasteiger partial charge in [-0.3, -0.25) is 24.0 Å². The number of rotatable bonds is 17. The van der Waals surface area contributed by atoms with Crippen LogP contribution in [0.15, 0.2) is 89.7 Å². The van der Waals surface area contributed by atoms with E-state index in [-0.39, 0.29) is 60.5 Å². The molecule has 4 saturated heterocycles. The van der Waals surface area contributed by atoms with E-state index in [1.807, 2.05) is 54.6 Å². The van der Waals surface area contributed by atoms with Crippen molar-refractivity contribution in [3.05, 3.63) is 123 Å². The Morgan fingerprint density at radius 1 is 0.906 bits per heavy atom. The van der Waals surface area contributed by atoms with Gasteiger partial charge in [-0.1, -0.05) is 48.5 Å². The van der Waals surface area contributed by atoms with Crippen molar-refractivity contribution in [2.24, 2.45) is 18.9 Å². The molecule has 4 aliphatic heterocycles. The number of esters is 1. The standard InChI is InChI=1S/C48H57N7O9/c1-53-35(30-63-36-11-7-10-34(26-36)44(32-8-3-2-4-9-32)51-48(61)64-42-29-54-21-16-31(42)17-22-54)27-39(52-53)46(59)55-23-18-33(19-24-55)47(60)62-25-6-5-20-49-28-41(57)37-12-14-40(56)45-38(37)13-15-43(58)50-45/h2-4,7-15,26-27,31,33,41-42,44,49,56-57H,5-6,16-25,28-30H2,1H3,(H,50,58)(H,51,61)/t41-,42+,44?/m1/s1. The molecule has 5 N–H and O–H groups in total. The summed E-state index contributed by atoms with van der Waals surface area (Å²) in [4.78, 5) is 58.1. The zero-order valence-corrected chi connectivity index (χ0v) is 36.1. The smallest absolute Gasteiger partial charge is 0.408 e. The number of carbonyl (C=O) groups is 3. The number of likely N-dealkylation sites (tertiary alicyclic amines) is 1. The fraction of sp³-hybridized carbons (Fsp3) is 0.438. The summed E-state index contributed by atoms with van der Waals surface area (Å²) in [6, 6.07) is 24.7. The molecule has 338 valence electrons. The fourth-order valence-corrected chi connectivity index (χ4v) is 9.05. The molecule has 6 heterocycles. The van der Waals surface area contributed by atoms with Crippen LogP contribution in [-0.4, -0.2) is 111 Å². The summed E-state index contributed by atoms with van der Waals surface area (Å²) in [5.41, 5.74) is 3.31. The average molecular weight is 876 g/mol. The first-order valence-electron chi connectivity index (χ1n) is 22.3. The highest BCUT2D eigenvalue weighted by molar-refractivity contribution is 5.92. The van der Waals surface area contributed by atoms with Crippen molar-refractivity contribution >= 4 is 28.9 Å². The highest BCUT2D eigenvalue weighted by atomic mass is 16.6. The molecular formula is C48H57N7O9. The van der Waals surface area contributed by atoms with Gasteiger partial charge >= 0.3 is 12.1 Å². The Bertz CT molecular complexity index is 2460. The van der Waals surface area contributed by atoms with Gasteiger partial charge in [0, 0.05) is 44.7 Å². The van der Waals surface area contributed by atoms with E-state index in [2.05, 4.69) is 25.6 Å². The zero-order valence-electron chi connectivity index (χ0n) is 36.1. The van der Waals surface area contributed by atoms with E-state index in [1.54, 1.807) is 34.8 Å². The Morgan fingerprint density at radius 2 is 1.69 bits per heavy atom. The molecule has 64 heavy (non-hydrogen) atoms. The highest BCUT2D eigenvalue weighted by Gasteiger charge is 2.37. The Balaban J connectivity index is 0.759. The van der Waals surface area contributed by atoms with Gasteiger partial charge in [0.1, 0.15) is 24.2 Å². The van der Waals surface area contributed by atoms with Crippen LogP contribution in [0.3, 0.4) is 0 Å². The minimum atomic E-state index is -0.851. The number of phenolic OH excluding ortho intramolecular Hbond substituents is 1. The number of aromatic amines is 1. The first-order chi connectivity index (χ1) is 31.1. The lowest BCUT2D eigenvalue weighted by Gasteiger charge is -2.43. The number of aliphatic hydroxyl groups excluding tert-OH is 1. The number of nitrogens with one attached hydrogen (secondary N) is 3. The number of hydrogen-bond acceptors (Lipinski definition) is 12. The second-order valence-corrected chi connectivity index (χ2v) is 17.0. The summed E-state index contributed by atoms with van der Waals surface area (Å²) in [7, 11) is 1.77. The van der Waals surface area contributed by atoms with Gasteiger partial charge in [-0.05, 0) is 111 Å². The molecule has 3 atom stereocenters. The Hall–Kier alpha value is -6.23. The van der Waals surface area contributed by atoms with Gasteiger partial charge in [-0.2, -0.15) is 5.10 Å². The molecule has 16 nitrogen and oxygen atoms in total. The summed E-state index contributed by atoms with van der Waals surface area (Å²) < 4.78 is 19.4. The molecule has 1 unspecified atom stereocenters. The van der Waals surface area contributed by atoms with Crippen molar-refractivity contribution < 1.29 is 38.8 Å². The number of hydrogen-bond donors (Lipinski definition) is 5. The molecule has 2 bridgehead atoms. The van der Waals surface area contributed by atoms with E-state index in [4.69, 9.17) is 14.2 Å². The van der Waals surface area contributed by atoms with Crippen molar-refractivity contribution in [2.75, 3.05) is 52.4 Å². The van der Waals surface area contributed by atoms with Crippen LogP contribution in [0.5, 0.6) is 11.5 Å². The van der Waals surface area contributed by atoms with Crippen LogP contribution in [0.1, 0.15) is 83.5 Å². The van der Waals surface area contributed by atoms with Crippen LogP contribution in [0, 0.1) is 11.8 Å². The van der Waals surface area contributed by atoms with Crippen molar-refractivity contribution in [3.63, 3.8) is 0 Å². The first kappa shape index (κ1) is 44.4. The molecule has 0 saturated carbocycles. The lowest BCUT2D eigenvalue weighted by atomic mass is 9.86. The third kappa shape index (κ3) is 10.7. The zero-order chi connectivity index (χ0) is 44.6. The van der Waals surface area contributed by atoms with Crippen LogP contribution in [0.25, 0.3) is 10.9 Å². The minimum absolute atomic E-state index is 0.0603. The number of piperidine rings is 4. The summed E-state index contributed by atoms with van der Waals surface area (Å²) in [5, 5.41) is 32.2. The van der Waals surface area contributed by atoms with Gasteiger partial charge < -0.3 is 44.9 Å². The normalized spacial score (nSPS) is 19.5. The molecule has 16 heteroatoms. The van der Waals surface area contributed by atoms with Crippen molar-refractivity contribution in [3.8, 4) is 11.5 Å². The number of aryl methyl sites for hydroxylation is 1. The summed E-state index contributed by atoms with van der Waals surface area (Å²) in [5.74, 6) is 0.189. The number of nitrogens with zero attached hydrogens (tertiary/aromatic N) is 4. The van der Waals surface area contributed by atoms with Crippen LogP contribution in [-0.2, 0) is 27.9 Å². The van der Waals surface area contributed by atoms with Gasteiger partial charge in [0.2, 0.25) is 5.56 Å². The first-order valence-corrected chi connectivity index (χ1v) is 22.3. The molecule has 5 aromatic rings. The predicted molar refractivity (Wildman–Crippen MR) is 238 cm³/mol. The molecule has 0 radical (unpaired) electrons. The monoisotopic (exact) mass is 875 g/mol. The van der Waals surface area contributed by atoms with E-state index in [1.165, 1.54) is 12.1 Å². The molecule has 4 fully saturated rings. The molecular weight excluding hydrogens is 819 g/mol. The van der Waals surface area contributed by atoms with Gasteiger partial charge in [0.15, 0.2) is 5.69 Å². The van der Waals surface area contributed by atoms with E-state index in [0.29, 0.717) is 72.9 Å². The Morgan fingerprint density at radius 3 is 2.45 bits per heavy atom. The lowest BCUT2D eigenvalue weighted by Crippen LogP contribution is -2.52. The number of aromatic hydroxyl groups is 1. The van der Waals surface area contributed by atoms with Crippen molar-refractivity contribution in [2.45, 2.75) is 63.4 Å². The molecule has 3 aromatic carbocycles. The van der Waals surface area contributed by atoms with Crippen LogP contribution in [0.2, 0.25) is 0 Å². The number of fused-ring (bicyclic) bond motifs is 4. The van der Waals surface area contributed by atoms with E-state index in [9.17, 15) is 29.4 Å². The maximum atomic E-state index is 13.5. The van der Waals surface area contributed by atoms with E-state index in [0.717, 1.165) is 50.0 Å². The molecule has 9 rings (SSSR count). The number of amides is 2. The van der Waals surface area contributed by atoms with Crippen LogP contribution >= 0.6 is 0 Å². The molecule has 2 aromatic heterocycles. The lowest BCUT2D eigenvalue weighted by molar-refractivity contribution is -0.150. The number of H-pyrrole nitrogens is 1. The second kappa shape index (κ2) is 20.5. The molecule has 2 amide bonds. The maximum absolute atomic E-state index is 13.5. The SMILES string of the molecule is Cn1nc(C(=O)N2CCC(C(=O)OCCCCNC[C@@H](O)c3ccc(O)c4[nH]c(=O)ccc34)CC2)cc1COc1cccc(C(NC(=O)O[C@H]2CN3CCC2CC3)c2ccccc2)c1. The number of unbranched alkanes of at least 4 members (excludes halogenated alkanes) is 1. The van der Waals surface area contributed by atoms with Gasteiger partial charge in [0.25, 0.3) is 5.91 Å². The van der Waals surface area contributed by atoms with Gasteiger partial charge in [-0.25, -0.2) is 4.79 Å². The average Bonchev–Trinajstić information content (AvgIpc) is 3.70. The Kier molecular flexibility index (Phi) is 14.2. The summed E-state index contributed by atoms with van der Waals surface area (Å²) >= 11 is 0. The number of alkyl carbamates (subject to hydrolysis) is 1. The van der Waals surface area contributed by atoms with Gasteiger partial charge in [0.05, 0.1) is 35.9 Å². The summed E-state index contributed by atoms with van der Waals surface area (Å²) in [6.07, 6.45) is 3.08. The third-order valence-electron chi connectivity index (χ3n) is 12.7. The van der Waals surface area contributed by atoms with E-state index >= 15 is 0 Å². The topological polar surface area (TPSA) is 201 Å². The number of aliphatic hydroxyl groups is 1. The number of carbonyl (C=O) groups excluding carboxylic acids is 3.